The van der Waals surface area contributed by atoms with Gasteiger partial charge in [0.1, 0.15) is 17.3 Å². The first-order valence-corrected chi connectivity index (χ1v) is 8.74. The predicted molar refractivity (Wildman–Crippen MR) is 105 cm³/mol. The highest BCUT2D eigenvalue weighted by atomic mass is 35.5. The van der Waals surface area contributed by atoms with Crippen LogP contribution >= 0.6 is 11.6 Å². The summed E-state index contributed by atoms with van der Waals surface area (Å²) < 4.78 is 12.3. The van der Waals surface area contributed by atoms with Crippen LogP contribution in [-0.2, 0) is 17.8 Å². The van der Waals surface area contributed by atoms with Gasteiger partial charge in [-0.2, -0.15) is 5.10 Å². The zero-order valence-electron chi connectivity index (χ0n) is 15.1. The minimum atomic E-state index is -0.156. The number of anilines is 1. The Morgan fingerprint density at radius 3 is 2.59 bits per heavy atom. The molecule has 7 heteroatoms. The molecular formula is C20H20ClN3O3. The molecule has 2 aromatic carbocycles. The zero-order valence-corrected chi connectivity index (χ0v) is 15.9. The number of ether oxygens (including phenoxy) is 2. The standard InChI is InChI=1S/C20H20ClN3O3/c1-26-17-8-5-15(18(12-17)27-2)11-20(25)23-19-9-10-22-24(19)13-14-3-6-16(21)7-4-14/h3-10,12H,11,13H2,1-2H3,(H,23,25). The van der Waals surface area contributed by atoms with Crippen molar-refractivity contribution in [3.63, 3.8) is 0 Å². The summed E-state index contributed by atoms with van der Waals surface area (Å²) in [4.78, 5) is 12.5. The third kappa shape index (κ3) is 4.80. The first-order valence-electron chi connectivity index (χ1n) is 8.36. The first-order chi connectivity index (χ1) is 13.1. The van der Waals surface area contributed by atoms with Crippen LogP contribution in [0.3, 0.4) is 0 Å². The molecule has 140 valence electrons. The Balaban J connectivity index is 1.68. The number of hydrogen-bond acceptors (Lipinski definition) is 4. The summed E-state index contributed by atoms with van der Waals surface area (Å²) in [6.07, 6.45) is 1.83. The molecule has 0 saturated heterocycles. The molecule has 1 heterocycles. The lowest BCUT2D eigenvalue weighted by Crippen LogP contribution is -2.18. The monoisotopic (exact) mass is 385 g/mol. The van der Waals surface area contributed by atoms with Gasteiger partial charge in [0, 0.05) is 22.7 Å². The van der Waals surface area contributed by atoms with E-state index in [2.05, 4.69) is 10.4 Å². The maximum Gasteiger partial charge on any atom is 0.230 e. The molecule has 0 radical (unpaired) electrons. The molecule has 0 atom stereocenters. The lowest BCUT2D eigenvalue weighted by Gasteiger charge is -2.12. The summed E-state index contributed by atoms with van der Waals surface area (Å²) in [7, 11) is 3.15. The van der Waals surface area contributed by atoms with Crippen molar-refractivity contribution in [3.05, 3.63) is 70.9 Å². The van der Waals surface area contributed by atoms with Crippen LogP contribution in [0.5, 0.6) is 11.5 Å². The minimum Gasteiger partial charge on any atom is -0.497 e. The highest BCUT2D eigenvalue weighted by Crippen LogP contribution is 2.25. The van der Waals surface area contributed by atoms with E-state index in [9.17, 15) is 4.79 Å². The fourth-order valence-corrected chi connectivity index (χ4v) is 2.81. The molecule has 0 saturated carbocycles. The zero-order chi connectivity index (χ0) is 19.2. The van der Waals surface area contributed by atoms with E-state index in [1.165, 1.54) is 0 Å². The van der Waals surface area contributed by atoms with E-state index in [-0.39, 0.29) is 12.3 Å². The molecule has 3 rings (SSSR count). The van der Waals surface area contributed by atoms with Crippen LogP contribution < -0.4 is 14.8 Å². The van der Waals surface area contributed by atoms with Crippen molar-refractivity contribution in [2.24, 2.45) is 0 Å². The summed E-state index contributed by atoms with van der Waals surface area (Å²) in [6, 6.07) is 14.7. The third-order valence-electron chi connectivity index (χ3n) is 4.07. The number of benzene rings is 2. The Labute approximate surface area is 162 Å². The number of nitrogens with one attached hydrogen (secondary N) is 1. The highest BCUT2D eigenvalue weighted by Gasteiger charge is 2.12. The molecule has 3 aromatic rings. The second-order valence-corrected chi connectivity index (χ2v) is 6.34. The molecule has 0 bridgehead atoms. The number of carbonyl (C=O) groups excluding carboxylic acids is 1. The molecule has 0 unspecified atom stereocenters. The number of carbonyl (C=O) groups is 1. The van der Waals surface area contributed by atoms with Gasteiger partial charge in [-0.1, -0.05) is 29.8 Å². The van der Waals surface area contributed by atoms with Gasteiger partial charge in [-0.15, -0.1) is 0 Å². The maximum absolute atomic E-state index is 12.5. The minimum absolute atomic E-state index is 0.156. The van der Waals surface area contributed by atoms with Gasteiger partial charge < -0.3 is 14.8 Å². The summed E-state index contributed by atoms with van der Waals surface area (Å²) in [5, 5.41) is 7.86. The highest BCUT2D eigenvalue weighted by molar-refractivity contribution is 6.30. The van der Waals surface area contributed by atoms with Crippen molar-refractivity contribution in [3.8, 4) is 11.5 Å². The van der Waals surface area contributed by atoms with Crippen LogP contribution in [0.1, 0.15) is 11.1 Å². The lowest BCUT2D eigenvalue weighted by atomic mass is 10.1. The molecule has 1 N–H and O–H groups in total. The summed E-state index contributed by atoms with van der Waals surface area (Å²) in [5.41, 5.74) is 1.81. The number of methoxy groups -OCH3 is 2. The smallest absolute Gasteiger partial charge is 0.230 e. The van der Waals surface area contributed by atoms with Crippen LogP contribution in [0.4, 0.5) is 5.82 Å². The van der Waals surface area contributed by atoms with E-state index in [1.54, 1.807) is 43.3 Å². The number of rotatable bonds is 7. The van der Waals surface area contributed by atoms with Gasteiger partial charge in [-0.05, 0) is 23.8 Å². The molecule has 27 heavy (non-hydrogen) atoms. The van der Waals surface area contributed by atoms with Crippen LogP contribution in [0.15, 0.2) is 54.7 Å². The van der Waals surface area contributed by atoms with Gasteiger partial charge in [-0.3, -0.25) is 4.79 Å². The lowest BCUT2D eigenvalue weighted by molar-refractivity contribution is -0.115. The molecular weight excluding hydrogens is 366 g/mol. The van der Waals surface area contributed by atoms with Crippen LogP contribution in [0.25, 0.3) is 0 Å². The largest absolute Gasteiger partial charge is 0.497 e. The Hall–Kier alpha value is -2.99. The van der Waals surface area contributed by atoms with Crippen LogP contribution in [-0.4, -0.2) is 29.9 Å². The SMILES string of the molecule is COc1ccc(CC(=O)Nc2ccnn2Cc2ccc(Cl)cc2)c(OC)c1. The van der Waals surface area contributed by atoms with E-state index < -0.39 is 0 Å². The van der Waals surface area contributed by atoms with E-state index in [0.717, 1.165) is 11.1 Å². The summed E-state index contributed by atoms with van der Waals surface area (Å²) >= 11 is 5.92. The number of nitrogens with zero attached hydrogens (tertiary/aromatic N) is 2. The molecule has 0 spiro atoms. The average molecular weight is 386 g/mol. The second kappa shape index (κ2) is 8.60. The molecule has 0 aliphatic heterocycles. The predicted octanol–water partition coefficient (Wildman–Crippen LogP) is 3.78. The van der Waals surface area contributed by atoms with Gasteiger partial charge in [0.2, 0.25) is 5.91 Å². The van der Waals surface area contributed by atoms with E-state index >= 15 is 0 Å². The Morgan fingerprint density at radius 2 is 1.89 bits per heavy atom. The van der Waals surface area contributed by atoms with E-state index in [0.29, 0.717) is 28.9 Å². The normalized spacial score (nSPS) is 10.5. The third-order valence-corrected chi connectivity index (χ3v) is 4.33. The average Bonchev–Trinajstić information content (AvgIpc) is 3.10. The van der Waals surface area contributed by atoms with Gasteiger partial charge >= 0.3 is 0 Å². The van der Waals surface area contributed by atoms with E-state index in [1.807, 2.05) is 30.3 Å². The number of amides is 1. The van der Waals surface area contributed by atoms with E-state index in [4.69, 9.17) is 21.1 Å². The maximum atomic E-state index is 12.5. The fraction of sp³-hybridized carbons (Fsp3) is 0.200. The van der Waals surface area contributed by atoms with Crippen molar-refractivity contribution < 1.29 is 14.3 Å². The van der Waals surface area contributed by atoms with Crippen LogP contribution in [0.2, 0.25) is 5.02 Å². The number of halogens is 1. The summed E-state index contributed by atoms with van der Waals surface area (Å²) in [5.74, 6) is 1.76. The molecule has 6 nitrogen and oxygen atoms in total. The van der Waals surface area contributed by atoms with Gasteiger partial charge in [-0.25, -0.2) is 4.68 Å². The van der Waals surface area contributed by atoms with Crippen molar-refractivity contribution in [1.29, 1.82) is 0 Å². The molecule has 0 aliphatic rings. The van der Waals surface area contributed by atoms with Crippen LogP contribution in [0, 0.1) is 0 Å². The number of aromatic nitrogens is 2. The quantitative estimate of drug-likeness (QED) is 0.672. The molecule has 0 fully saturated rings. The Morgan fingerprint density at radius 1 is 1.11 bits per heavy atom. The number of hydrogen-bond donors (Lipinski definition) is 1. The van der Waals surface area contributed by atoms with Gasteiger partial charge in [0.25, 0.3) is 0 Å². The molecule has 0 aliphatic carbocycles. The first kappa shape index (κ1) is 18.8. The van der Waals surface area contributed by atoms with Crippen molar-refractivity contribution in [2.45, 2.75) is 13.0 Å². The topological polar surface area (TPSA) is 65.4 Å². The van der Waals surface area contributed by atoms with Crippen molar-refractivity contribution >= 4 is 23.3 Å². The second-order valence-electron chi connectivity index (χ2n) is 5.90. The van der Waals surface area contributed by atoms with Crippen molar-refractivity contribution in [2.75, 3.05) is 19.5 Å². The summed E-state index contributed by atoms with van der Waals surface area (Å²) in [6.45, 7) is 0.533. The van der Waals surface area contributed by atoms with Crippen molar-refractivity contribution in [1.82, 2.24) is 9.78 Å². The molecule has 1 aromatic heterocycles. The Bertz CT molecular complexity index is 922. The van der Waals surface area contributed by atoms with Gasteiger partial charge in [0.05, 0.1) is 33.4 Å². The fourth-order valence-electron chi connectivity index (χ4n) is 2.69. The molecule has 1 amide bonds. The Kier molecular flexibility index (Phi) is 5.98. The van der Waals surface area contributed by atoms with Gasteiger partial charge in [0.15, 0.2) is 0 Å².